The fourth-order valence-corrected chi connectivity index (χ4v) is 3.69. The van der Waals surface area contributed by atoms with Crippen molar-refractivity contribution in [2.45, 2.75) is 19.9 Å². The Kier molecular flexibility index (Phi) is 3.25. The summed E-state index contributed by atoms with van der Waals surface area (Å²) in [6.45, 7) is 4.13. The number of rotatable bonds is 2. The lowest BCUT2D eigenvalue weighted by Gasteiger charge is -2.05. The minimum atomic E-state index is -0.190. The first-order valence-electron chi connectivity index (χ1n) is 6.06. The maximum atomic E-state index is 6.29. The van der Waals surface area contributed by atoms with E-state index in [9.17, 15) is 0 Å². The molecule has 2 heterocycles. The van der Waals surface area contributed by atoms with Crippen molar-refractivity contribution in [3.63, 3.8) is 0 Å². The van der Waals surface area contributed by atoms with E-state index in [4.69, 9.17) is 10.2 Å². The van der Waals surface area contributed by atoms with Gasteiger partial charge in [0.05, 0.1) is 6.04 Å². The highest BCUT2D eigenvalue weighted by atomic mass is 79.9. The first-order valence-corrected chi connectivity index (χ1v) is 7.67. The zero-order chi connectivity index (χ0) is 13.6. The van der Waals surface area contributed by atoms with Gasteiger partial charge < -0.3 is 10.2 Å². The van der Waals surface area contributed by atoms with Crippen molar-refractivity contribution in [3.8, 4) is 0 Å². The second-order valence-electron chi connectivity index (χ2n) is 4.72. The van der Waals surface area contributed by atoms with E-state index in [1.165, 1.54) is 4.88 Å². The van der Waals surface area contributed by atoms with Crippen LogP contribution < -0.4 is 5.73 Å². The monoisotopic (exact) mass is 335 g/mol. The largest absolute Gasteiger partial charge is 0.459 e. The number of benzene rings is 1. The van der Waals surface area contributed by atoms with Gasteiger partial charge in [0.15, 0.2) is 0 Å². The third kappa shape index (κ3) is 2.36. The molecule has 98 valence electrons. The highest BCUT2D eigenvalue weighted by Gasteiger charge is 2.16. The fourth-order valence-electron chi connectivity index (χ4n) is 2.22. The molecule has 2 N–H and O–H groups in total. The van der Waals surface area contributed by atoms with Crippen molar-refractivity contribution in [2.75, 3.05) is 0 Å². The second-order valence-corrected chi connectivity index (χ2v) is 6.95. The van der Waals surface area contributed by atoms with Gasteiger partial charge >= 0.3 is 0 Å². The molecule has 1 atom stereocenters. The third-order valence-electron chi connectivity index (χ3n) is 3.16. The first kappa shape index (κ1) is 12.9. The number of hydrogen-bond donors (Lipinski definition) is 1. The van der Waals surface area contributed by atoms with Gasteiger partial charge in [-0.3, -0.25) is 0 Å². The lowest BCUT2D eigenvalue weighted by Crippen LogP contribution is -2.08. The lowest BCUT2D eigenvalue weighted by atomic mass is 10.1. The van der Waals surface area contributed by atoms with E-state index in [2.05, 4.69) is 47.1 Å². The number of thiophene rings is 1. The summed E-state index contributed by atoms with van der Waals surface area (Å²) in [6, 6.07) is 10.1. The number of aryl methyl sites for hydroxylation is 2. The third-order valence-corrected chi connectivity index (χ3v) is 4.70. The standard InChI is InChI=1S/C15H14BrNOS/c1-8-5-11(16)6-10-7-12(18-15(8)10)14(17)13-4-3-9(2)19-13/h3-7,14H,17H2,1-2H3. The predicted octanol–water partition coefficient (Wildman–Crippen LogP) is 4.92. The number of furan rings is 1. The number of halogens is 1. The summed E-state index contributed by atoms with van der Waals surface area (Å²) in [6.07, 6.45) is 0. The number of nitrogens with two attached hydrogens (primary N) is 1. The molecule has 19 heavy (non-hydrogen) atoms. The maximum Gasteiger partial charge on any atom is 0.137 e. The average molecular weight is 336 g/mol. The molecular weight excluding hydrogens is 322 g/mol. The van der Waals surface area contributed by atoms with Crippen LogP contribution in [-0.2, 0) is 0 Å². The Morgan fingerprint density at radius 2 is 2.00 bits per heavy atom. The normalized spacial score (nSPS) is 13.1. The summed E-state index contributed by atoms with van der Waals surface area (Å²) in [4.78, 5) is 2.40. The summed E-state index contributed by atoms with van der Waals surface area (Å²) in [5.41, 5.74) is 8.32. The SMILES string of the molecule is Cc1ccc(C(N)c2cc3cc(Br)cc(C)c3o2)s1. The average Bonchev–Trinajstić information content (AvgIpc) is 2.94. The first-order chi connectivity index (χ1) is 9.04. The molecule has 0 aliphatic rings. The molecule has 2 nitrogen and oxygen atoms in total. The summed E-state index contributed by atoms with van der Waals surface area (Å²) >= 11 is 5.22. The van der Waals surface area contributed by atoms with E-state index < -0.39 is 0 Å². The topological polar surface area (TPSA) is 39.2 Å². The number of fused-ring (bicyclic) bond motifs is 1. The molecule has 0 aliphatic carbocycles. The fraction of sp³-hybridized carbons (Fsp3) is 0.200. The van der Waals surface area contributed by atoms with Crippen LogP contribution in [-0.4, -0.2) is 0 Å². The van der Waals surface area contributed by atoms with E-state index in [1.54, 1.807) is 11.3 Å². The zero-order valence-electron chi connectivity index (χ0n) is 10.7. The molecule has 2 aromatic heterocycles. The molecule has 0 bridgehead atoms. The lowest BCUT2D eigenvalue weighted by molar-refractivity contribution is 0.526. The number of hydrogen-bond acceptors (Lipinski definition) is 3. The second kappa shape index (κ2) is 4.78. The Hall–Kier alpha value is -1.10. The van der Waals surface area contributed by atoms with E-state index in [0.717, 1.165) is 31.6 Å². The molecule has 3 aromatic rings. The molecule has 1 aromatic carbocycles. The van der Waals surface area contributed by atoms with Gasteiger partial charge in [-0.15, -0.1) is 11.3 Å². The summed E-state index contributed by atoms with van der Waals surface area (Å²) in [5.74, 6) is 0.818. The van der Waals surface area contributed by atoms with E-state index >= 15 is 0 Å². The predicted molar refractivity (Wildman–Crippen MR) is 83.7 cm³/mol. The molecule has 0 amide bonds. The van der Waals surface area contributed by atoms with Crippen molar-refractivity contribution in [2.24, 2.45) is 5.73 Å². The molecule has 1 unspecified atom stereocenters. The van der Waals surface area contributed by atoms with Gasteiger partial charge in [-0.1, -0.05) is 15.9 Å². The van der Waals surface area contributed by atoms with Crippen LogP contribution in [0.3, 0.4) is 0 Å². The molecule has 0 fully saturated rings. The van der Waals surface area contributed by atoms with Gasteiger partial charge in [0, 0.05) is 19.6 Å². The molecule has 4 heteroatoms. The Balaban J connectivity index is 2.08. The molecule has 0 radical (unpaired) electrons. The van der Waals surface area contributed by atoms with Crippen LogP contribution in [0.15, 0.2) is 39.2 Å². The van der Waals surface area contributed by atoms with Gasteiger partial charge in [0.1, 0.15) is 11.3 Å². The highest BCUT2D eigenvalue weighted by molar-refractivity contribution is 9.10. The van der Waals surface area contributed by atoms with Crippen molar-refractivity contribution in [1.29, 1.82) is 0 Å². The van der Waals surface area contributed by atoms with Gasteiger partial charge in [-0.05, 0) is 49.7 Å². The minimum Gasteiger partial charge on any atom is -0.459 e. The van der Waals surface area contributed by atoms with Crippen LogP contribution >= 0.6 is 27.3 Å². The highest BCUT2D eigenvalue weighted by Crippen LogP contribution is 2.32. The molecule has 3 rings (SSSR count). The van der Waals surface area contributed by atoms with Crippen molar-refractivity contribution in [3.05, 3.63) is 55.9 Å². The Morgan fingerprint density at radius 1 is 1.21 bits per heavy atom. The molecule has 0 saturated heterocycles. The molecular formula is C15H14BrNOS. The van der Waals surface area contributed by atoms with E-state index in [1.807, 2.05) is 13.0 Å². The van der Waals surface area contributed by atoms with Crippen molar-refractivity contribution >= 4 is 38.2 Å². The van der Waals surface area contributed by atoms with Gasteiger partial charge in [-0.2, -0.15) is 0 Å². The summed E-state index contributed by atoms with van der Waals surface area (Å²) < 4.78 is 7.00. The summed E-state index contributed by atoms with van der Waals surface area (Å²) in [7, 11) is 0. The zero-order valence-corrected chi connectivity index (χ0v) is 13.1. The maximum absolute atomic E-state index is 6.29. The Labute approximate surface area is 124 Å². The Bertz CT molecular complexity index is 744. The van der Waals surface area contributed by atoms with E-state index in [0.29, 0.717) is 0 Å². The van der Waals surface area contributed by atoms with Crippen LogP contribution in [0.2, 0.25) is 0 Å². The van der Waals surface area contributed by atoms with E-state index in [-0.39, 0.29) is 6.04 Å². The molecule has 0 saturated carbocycles. The summed E-state index contributed by atoms with van der Waals surface area (Å²) in [5, 5.41) is 1.09. The van der Waals surface area contributed by atoms with Crippen LogP contribution in [0, 0.1) is 13.8 Å². The van der Waals surface area contributed by atoms with Crippen LogP contribution in [0.1, 0.15) is 27.1 Å². The van der Waals surface area contributed by atoms with Crippen molar-refractivity contribution < 1.29 is 4.42 Å². The smallest absolute Gasteiger partial charge is 0.137 e. The molecule has 0 spiro atoms. The van der Waals surface area contributed by atoms with Gasteiger partial charge in [0.25, 0.3) is 0 Å². The van der Waals surface area contributed by atoms with Crippen LogP contribution in [0.4, 0.5) is 0 Å². The minimum absolute atomic E-state index is 0.190. The van der Waals surface area contributed by atoms with Crippen molar-refractivity contribution in [1.82, 2.24) is 0 Å². The molecule has 0 aliphatic heterocycles. The van der Waals surface area contributed by atoms with Gasteiger partial charge in [-0.25, -0.2) is 0 Å². The Morgan fingerprint density at radius 3 is 2.68 bits per heavy atom. The van der Waals surface area contributed by atoms with Crippen LogP contribution in [0.5, 0.6) is 0 Å². The quantitative estimate of drug-likeness (QED) is 0.721. The van der Waals surface area contributed by atoms with Gasteiger partial charge in [0.2, 0.25) is 0 Å². The van der Waals surface area contributed by atoms with Crippen LogP contribution in [0.25, 0.3) is 11.0 Å².